The molecule has 2 rings (SSSR count). The van der Waals surface area contributed by atoms with Crippen LogP contribution in [0.1, 0.15) is 42.5 Å². The summed E-state index contributed by atoms with van der Waals surface area (Å²) in [6, 6.07) is 4.38. The van der Waals surface area contributed by atoms with Crippen molar-refractivity contribution >= 4 is 29.2 Å². The Morgan fingerprint density at radius 2 is 1.89 bits per heavy atom. The van der Waals surface area contributed by atoms with Crippen LogP contribution in [0.2, 0.25) is 5.02 Å². The van der Waals surface area contributed by atoms with Crippen molar-refractivity contribution in [2.45, 2.75) is 32.1 Å². The van der Waals surface area contributed by atoms with Crippen molar-refractivity contribution in [1.82, 2.24) is 0 Å². The normalized spacial score (nSPS) is 16.1. The van der Waals surface area contributed by atoms with Crippen LogP contribution in [0.25, 0.3) is 0 Å². The summed E-state index contributed by atoms with van der Waals surface area (Å²) in [6.45, 7) is 0. The van der Waals surface area contributed by atoms with Gasteiger partial charge in [0.15, 0.2) is 0 Å². The molecule has 1 aliphatic carbocycles. The van der Waals surface area contributed by atoms with Crippen LogP contribution in [0.5, 0.6) is 0 Å². The number of carboxylic acid groups (broad SMARTS) is 1. The van der Waals surface area contributed by atoms with Gasteiger partial charge in [-0.25, -0.2) is 4.79 Å². The number of hydrogen-bond acceptors (Lipinski definition) is 2. The van der Waals surface area contributed by atoms with Gasteiger partial charge in [-0.15, -0.1) is 0 Å². The second-order valence-corrected chi connectivity index (χ2v) is 5.26. The van der Waals surface area contributed by atoms with Crippen molar-refractivity contribution in [2.24, 2.45) is 5.92 Å². The van der Waals surface area contributed by atoms with Gasteiger partial charge in [0.2, 0.25) is 5.91 Å². The third-order valence-corrected chi connectivity index (χ3v) is 3.68. The van der Waals surface area contributed by atoms with E-state index in [9.17, 15) is 9.59 Å². The SMILES string of the molecule is O=C(O)c1ccc(Cl)cc1NC(=O)C1CCCCC1. The molecule has 1 fully saturated rings. The zero-order valence-electron chi connectivity index (χ0n) is 10.5. The van der Waals surface area contributed by atoms with Gasteiger partial charge in [0.1, 0.15) is 0 Å². The van der Waals surface area contributed by atoms with Crippen LogP contribution in [-0.2, 0) is 4.79 Å². The second kappa shape index (κ2) is 6.06. The molecule has 0 spiro atoms. The molecule has 0 heterocycles. The lowest BCUT2D eigenvalue weighted by molar-refractivity contribution is -0.120. The van der Waals surface area contributed by atoms with Crippen LogP contribution in [0.3, 0.4) is 0 Å². The topological polar surface area (TPSA) is 66.4 Å². The predicted octanol–water partition coefficient (Wildman–Crippen LogP) is 3.56. The highest BCUT2D eigenvalue weighted by molar-refractivity contribution is 6.31. The Morgan fingerprint density at radius 3 is 2.53 bits per heavy atom. The van der Waals surface area contributed by atoms with E-state index in [1.807, 2.05) is 0 Å². The number of aromatic carboxylic acids is 1. The third-order valence-electron chi connectivity index (χ3n) is 3.45. The number of rotatable bonds is 3. The minimum atomic E-state index is -1.07. The fourth-order valence-corrected chi connectivity index (χ4v) is 2.58. The van der Waals surface area contributed by atoms with E-state index in [2.05, 4.69) is 5.32 Å². The highest BCUT2D eigenvalue weighted by Gasteiger charge is 2.22. The minimum Gasteiger partial charge on any atom is -0.478 e. The molecule has 0 saturated heterocycles. The lowest BCUT2D eigenvalue weighted by Gasteiger charge is -2.21. The molecule has 0 radical (unpaired) electrons. The van der Waals surface area contributed by atoms with Crippen LogP contribution in [0, 0.1) is 5.92 Å². The van der Waals surface area contributed by atoms with Crippen LogP contribution in [0.15, 0.2) is 18.2 Å². The molecule has 1 aromatic carbocycles. The smallest absolute Gasteiger partial charge is 0.337 e. The standard InChI is InChI=1S/C14H16ClNO3/c15-10-6-7-11(14(18)19)12(8-10)16-13(17)9-4-2-1-3-5-9/h6-9H,1-5H2,(H,16,17)(H,18,19). The Bertz CT molecular complexity index is 495. The quantitative estimate of drug-likeness (QED) is 0.890. The molecule has 0 aliphatic heterocycles. The largest absolute Gasteiger partial charge is 0.478 e. The average Bonchev–Trinajstić information content (AvgIpc) is 2.39. The number of carbonyl (C=O) groups is 2. The fourth-order valence-electron chi connectivity index (χ4n) is 2.41. The fraction of sp³-hybridized carbons (Fsp3) is 0.429. The Morgan fingerprint density at radius 1 is 1.21 bits per heavy atom. The molecule has 0 bridgehead atoms. The van der Waals surface area contributed by atoms with E-state index in [-0.39, 0.29) is 23.1 Å². The summed E-state index contributed by atoms with van der Waals surface area (Å²) in [4.78, 5) is 23.2. The molecule has 19 heavy (non-hydrogen) atoms. The number of halogens is 1. The van der Waals surface area contributed by atoms with Gasteiger partial charge in [-0.1, -0.05) is 30.9 Å². The Kier molecular flexibility index (Phi) is 4.43. The van der Waals surface area contributed by atoms with Crippen LogP contribution >= 0.6 is 11.6 Å². The minimum absolute atomic E-state index is 0.0191. The van der Waals surface area contributed by atoms with Crippen molar-refractivity contribution in [3.05, 3.63) is 28.8 Å². The maximum absolute atomic E-state index is 12.1. The number of carbonyl (C=O) groups excluding carboxylic acids is 1. The summed E-state index contributed by atoms with van der Waals surface area (Å²) >= 11 is 5.85. The molecule has 1 saturated carbocycles. The number of nitrogens with one attached hydrogen (secondary N) is 1. The van der Waals surface area contributed by atoms with Gasteiger partial charge in [0, 0.05) is 10.9 Å². The van der Waals surface area contributed by atoms with Gasteiger partial charge in [-0.2, -0.15) is 0 Å². The van der Waals surface area contributed by atoms with Gasteiger partial charge in [0.05, 0.1) is 11.3 Å². The summed E-state index contributed by atoms with van der Waals surface area (Å²) in [7, 11) is 0. The summed E-state index contributed by atoms with van der Waals surface area (Å²) < 4.78 is 0. The highest BCUT2D eigenvalue weighted by atomic mass is 35.5. The van der Waals surface area contributed by atoms with Crippen LogP contribution in [0.4, 0.5) is 5.69 Å². The summed E-state index contributed by atoms with van der Waals surface area (Å²) in [6.07, 6.45) is 5.02. The first-order valence-electron chi connectivity index (χ1n) is 6.41. The van der Waals surface area contributed by atoms with Gasteiger partial charge >= 0.3 is 5.97 Å². The molecule has 102 valence electrons. The van der Waals surface area contributed by atoms with Crippen molar-refractivity contribution < 1.29 is 14.7 Å². The Labute approximate surface area is 116 Å². The molecule has 0 atom stereocenters. The highest BCUT2D eigenvalue weighted by Crippen LogP contribution is 2.27. The first-order chi connectivity index (χ1) is 9.08. The Balaban J connectivity index is 2.15. The third kappa shape index (κ3) is 3.47. The lowest BCUT2D eigenvalue weighted by Crippen LogP contribution is -2.25. The van der Waals surface area contributed by atoms with Gasteiger partial charge in [-0.05, 0) is 31.0 Å². The zero-order valence-corrected chi connectivity index (χ0v) is 11.2. The predicted molar refractivity (Wildman–Crippen MR) is 73.6 cm³/mol. The molecule has 0 aromatic heterocycles. The summed E-state index contributed by atoms with van der Waals surface area (Å²) in [5, 5.41) is 12.2. The number of amides is 1. The molecule has 4 nitrogen and oxygen atoms in total. The van der Waals surface area contributed by atoms with E-state index < -0.39 is 5.97 Å². The monoisotopic (exact) mass is 281 g/mol. The number of carboxylic acids is 1. The summed E-state index contributed by atoms with van der Waals surface area (Å²) in [5.41, 5.74) is 0.337. The van der Waals surface area contributed by atoms with Gasteiger partial charge in [0.25, 0.3) is 0 Å². The number of anilines is 1. The summed E-state index contributed by atoms with van der Waals surface area (Å²) in [5.74, 6) is -1.20. The van der Waals surface area contributed by atoms with Crippen molar-refractivity contribution in [1.29, 1.82) is 0 Å². The van der Waals surface area contributed by atoms with E-state index in [1.165, 1.54) is 24.6 Å². The van der Waals surface area contributed by atoms with Gasteiger partial charge in [-0.3, -0.25) is 4.79 Å². The molecule has 5 heteroatoms. The van der Waals surface area contributed by atoms with Gasteiger partial charge < -0.3 is 10.4 Å². The van der Waals surface area contributed by atoms with E-state index in [0.29, 0.717) is 5.02 Å². The molecule has 1 aromatic rings. The Hall–Kier alpha value is -1.55. The van der Waals surface area contributed by atoms with Crippen LogP contribution < -0.4 is 5.32 Å². The molecule has 0 unspecified atom stereocenters. The maximum Gasteiger partial charge on any atom is 0.337 e. The first kappa shape index (κ1) is 13.9. The van der Waals surface area contributed by atoms with E-state index in [4.69, 9.17) is 16.7 Å². The van der Waals surface area contributed by atoms with E-state index >= 15 is 0 Å². The van der Waals surface area contributed by atoms with Crippen molar-refractivity contribution in [3.63, 3.8) is 0 Å². The second-order valence-electron chi connectivity index (χ2n) is 4.82. The molecule has 1 aliphatic rings. The number of benzene rings is 1. The number of hydrogen-bond donors (Lipinski definition) is 2. The zero-order chi connectivity index (χ0) is 13.8. The molecular formula is C14H16ClNO3. The average molecular weight is 282 g/mol. The maximum atomic E-state index is 12.1. The van der Waals surface area contributed by atoms with Crippen molar-refractivity contribution in [2.75, 3.05) is 5.32 Å². The lowest BCUT2D eigenvalue weighted by atomic mass is 9.88. The molecule has 2 N–H and O–H groups in total. The van der Waals surface area contributed by atoms with E-state index in [0.717, 1.165) is 25.7 Å². The van der Waals surface area contributed by atoms with Crippen LogP contribution in [-0.4, -0.2) is 17.0 Å². The van der Waals surface area contributed by atoms with Crippen molar-refractivity contribution in [3.8, 4) is 0 Å². The molecule has 1 amide bonds. The van der Waals surface area contributed by atoms with E-state index in [1.54, 1.807) is 0 Å². The first-order valence-corrected chi connectivity index (χ1v) is 6.79. The molecular weight excluding hydrogens is 266 g/mol.